The first kappa shape index (κ1) is 10.1. The van der Waals surface area contributed by atoms with Gasteiger partial charge in [-0.1, -0.05) is 0 Å². The molecule has 0 aromatic heterocycles. The van der Waals surface area contributed by atoms with Crippen LogP contribution < -0.4 is 0 Å². The van der Waals surface area contributed by atoms with Gasteiger partial charge < -0.3 is 0 Å². The molecule has 0 aliphatic carbocycles. The van der Waals surface area contributed by atoms with Crippen LogP contribution in [-0.4, -0.2) is 14.9 Å². The van der Waals surface area contributed by atoms with Gasteiger partial charge in [0, 0.05) is 0 Å². The summed E-state index contributed by atoms with van der Waals surface area (Å²) in [7, 11) is 1.06. The molecule has 0 saturated heterocycles. The van der Waals surface area contributed by atoms with Crippen LogP contribution in [0, 0.1) is 0 Å². The van der Waals surface area contributed by atoms with Crippen molar-refractivity contribution in [2.24, 2.45) is 0 Å². The Morgan fingerprint density at radius 2 is 1.60 bits per heavy atom. The third kappa shape index (κ3) is 23.7. The first-order valence-electron chi connectivity index (χ1n) is 1.03. The van der Waals surface area contributed by atoms with Crippen LogP contribution in [0.2, 0.25) is 0 Å². The van der Waals surface area contributed by atoms with Crippen LogP contribution in [0.25, 0.3) is 0 Å². The van der Waals surface area contributed by atoms with Crippen molar-refractivity contribution in [3.8, 4) is 0 Å². The average Bonchev–Trinajstić information content (AvgIpc) is 1.46. The predicted octanol–water partition coefficient (Wildman–Crippen LogP) is -2.11. The summed E-state index contributed by atoms with van der Waals surface area (Å²) in [4.78, 5) is 0. The number of hydrogen-bond donors (Lipinski definition) is 0. The van der Waals surface area contributed by atoms with Gasteiger partial charge in [0.1, 0.15) is 0 Å². The zero-order valence-corrected chi connectivity index (χ0v) is 8.98. The van der Waals surface area contributed by atoms with Crippen molar-refractivity contribution in [3.05, 3.63) is 0 Å². The molecule has 0 unspecified atom stereocenters. The predicted molar refractivity (Wildman–Crippen MR) is 18.5 cm³/mol. The van der Waals surface area contributed by atoms with Crippen LogP contribution in [0.15, 0.2) is 0 Å². The first-order valence-corrected chi connectivity index (χ1v) is 9.44. The minimum atomic E-state index is 0.250. The van der Waals surface area contributed by atoms with Crippen molar-refractivity contribution in [1.82, 2.24) is 0 Å². The third-order valence-corrected chi connectivity index (χ3v) is 0. The SMILES string of the molecule is [BH2][Ti][Fe].[SiH3][Fe]. The van der Waals surface area contributed by atoms with E-state index in [2.05, 4.69) is 34.6 Å². The van der Waals surface area contributed by atoms with E-state index < -0.39 is 0 Å². The molecule has 0 aliphatic rings. The van der Waals surface area contributed by atoms with Gasteiger partial charge in [-0.05, 0) is 0 Å². The van der Waals surface area contributed by atoms with Crippen LogP contribution in [0.1, 0.15) is 0 Å². The van der Waals surface area contributed by atoms with Crippen molar-refractivity contribution >= 4 is 14.9 Å². The summed E-state index contributed by atoms with van der Waals surface area (Å²) in [5, 5.41) is 0. The number of hydrogen-bond acceptors (Lipinski definition) is 0. The first-order chi connectivity index (χ1) is 2.41. The molecule has 0 rings (SSSR count). The fourth-order valence-electron chi connectivity index (χ4n) is 0. The summed E-state index contributed by atoms with van der Waals surface area (Å²) in [6, 6.07) is 2.14. The van der Waals surface area contributed by atoms with E-state index in [1.807, 2.05) is 0 Å². The summed E-state index contributed by atoms with van der Waals surface area (Å²) in [5.74, 6) is 0. The molecule has 0 bridgehead atoms. The zero-order chi connectivity index (χ0) is 4.71. The van der Waals surface area contributed by atoms with Gasteiger partial charge >= 0.3 is 60.3 Å². The summed E-state index contributed by atoms with van der Waals surface area (Å²) < 4.78 is 0. The van der Waals surface area contributed by atoms with Gasteiger partial charge in [0.05, 0.1) is 0 Å². The molecule has 5 heteroatoms. The zero-order valence-electron chi connectivity index (χ0n) is 3.21. The third-order valence-electron chi connectivity index (χ3n) is 0. The second kappa shape index (κ2) is 16.6. The fourth-order valence-corrected chi connectivity index (χ4v) is 0. The Morgan fingerprint density at radius 3 is 1.60 bits per heavy atom. The molecule has 0 radical (unpaired) electrons. The molecular formula is H5BFe2SiTi. The van der Waals surface area contributed by atoms with Crippen LogP contribution in [-0.2, 0) is 45.4 Å². The van der Waals surface area contributed by atoms with E-state index in [0.29, 0.717) is 0 Å². The van der Waals surface area contributed by atoms with Crippen molar-refractivity contribution in [3.63, 3.8) is 0 Å². The molecule has 0 aliphatic heterocycles. The molecule has 0 saturated carbocycles. The molecule has 0 amide bonds. The Bertz CT molecular complexity index is 9.61. The van der Waals surface area contributed by atoms with Crippen LogP contribution in [0.5, 0.6) is 0 Å². The van der Waals surface area contributed by atoms with Crippen LogP contribution in [0.4, 0.5) is 0 Å². The normalized spacial score (nSPS) is 4.40. The van der Waals surface area contributed by atoms with Gasteiger partial charge in [0.2, 0.25) is 0 Å². The molecule has 0 fully saturated rings. The molecule has 0 aromatic carbocycles. The fraction of sp³-hybridized carbons (Fsp3) is 0. The summed E-state index contributed by atoms with van der Waals surface area (Å²) >= 11 is 7.25. The average molecular weight is 203 g/mol. The van der Waals surface area contributed by atoms with Crippen molar-refractivity contribution < 1.29 is 45.4 Å². The summed E-state index contributed by atoms with van der Waals surface area (Å²) in [5.41, 5.74) is 0. The standard InChI is InChI=1S/BH2.2Fe.H3Si.Ti/h1H2;;;1H3;/q+1;;;;-1. The molecule has 0 spiro atoms. The second-order valence-corrected chi connectivity index (χ2v) is 3.01. The van der Waals surface area contributed by atoms with Gasteiger partial charge in [-0.25, -0.2) is 0 Å². The Kier molecular flexibility index (Phi) is 33.6. The van der Waals surface area contributed by atoms with Gasteiger partial charge in [0.25, 0.3) is 0 Å². The van der Waals surface area contributed by atoms with Gasteiger partial charge in [0.15, 0.2) is 0 Å². The van der Waals surface area contributed by atoms with Gasteiger partial charge in [-0.3, -0.25) is 0 Å². The van der Waals surface area contributed by atoms with E-state index in [-0.39, 0.29) is 16.8 Å². The Hall–Kier alpha value is 2.04. The Labute approximate surface area is 59.7 Å². The molecule has 5 heavy (non-hydrogen) atoms. The van der Waals surface area contributed by atoms with Crippen molar-refractivity contribution in [2.75, 3.05) is 0 Å². The molecule has 0 atom stereocenters. The summed E-state index contributed by atoms with van der Waals surface area (Å²) in [6.45, 7) is 0. The van der Waals surface area contributed by atoms with E-state index in [9.17, 15) is 0 Å². The van der Waals surface area contributed by atoms with E-state index in [1.54, 1.807) is 0 Å². The number of rotatable bonds is 0. The van der Waals surface area contributed by atoms with Gasteiger partial charge in [-0.15, -0.1) is 0 Å². The topological polar surface area (TPSA) is 0 Å². The van der Waals surface area contributed by atoms with Crippen molar-refractivity contribution in [1.29, 1.82) is 0 Å². The minimum absolute atomic E-state index is 0.250. The molecule has 0 heterocycles. The molecule has 0 aromatic rings. The second-order valence-electron chi connectivity index (χ2n) is 0.177. The summed E-state index contributed by atoms with van der Waals surface area (Å²) in [6.07, 6.45) is 0. The molecule has 0 N–H and O–H groups in total. The molecule has 32 valence electrons. The Morgan fingerprint density at radius 1 is 1.60 bits per heavy atom. The molecule has 0 nitrogen and oxygen atoms in total. The maximum atomic E-state index is 3.61. The quantitative estimate of drug-likeness (QED) is 0.396. The van der Waals surface area contributed by atoms with E-state index in [0.717, 1.165) is 8.85 Å². The van der Waals surface area contributed by atoms with Crippen molar-refractivity contribution in [2.45, 2.75) is 0 Å². The van der Waals surface area contributed by atoms with Crippen LogP contribution >= 0.6 is 0 Å². The van der Waals surface area contributed by atoms with E-state index >= 15 is 0 Å². The van der Waals surface area contributed by atoms with Gasteiger partial charge in [-0.2, -0.15) is 0 Å². The maximum absolute atomic E-state index is 3.61. The van der Waals surface area contributed by atoms with E-state index in [4.69, 9.17) is 0 Å². The molecular weight excluding hydrogens is 198 g/mol. The Balaban J connectivity index is 0. The monoisotopic (exact) mass is 204 g/mol. The van der Waals surface area contributed by atoms with Crippen LogP contribution in [0.3, 0.4) is 0 Å². The van der Waals surface area contributed by atoms with E-state index in [1.165, 1.54) is 0 Å².